The summed E-state index contributed by atoms with van der Waals surface area (Å²) >= 11 is 0. The van der Waals surface area contributed by atoms with Crippen LogP contribution in [-0.4, -0.2) is 24.5 Å². The quantitative estimate of drug-likeness (QED) is 0.121. The Labute approximate surface area is 228 Å². The molecule has 0 fully saturated rings. The molecule has 0 aromatic heterocycles. The van der Waals surface area contributed by atoms with Gasteiger partial charge in [0.1, 0.15) is 23.0 Å². The van der Waals surface area contributed by atoms with Crippen molar-refractivity contribution < 1.29 is 45.4 Å². The maximum absolute atomic E-state index is 15.0. The standard InChI is InChI=1S/C29H16F6N2O4/c30-28(31,32)27(29(33,34)35,23-5-1-3-7-25(23)40-21-13-9-19(10-14-21)36-17-38)24-6-2-4-8-26(24)41-22-15-11-20(12-16-22)37-18-39/h1-16H. The van der Waals surface area contributed by atoms with Crippen LogP contribution < -0.4 is 9.47 Å². The van der Waals surface area contributed by atoms with Gasteiger partial charge in [0, 0.05) is 11.1 Å². The number of para-hydroxylation sites is 2. The van der Waals surface area contributed by atoms with Crippen molar-refractivity contribution in [2.24, 2.45) is 9.98 Å². The van der Waals surface area contributed by atoms with Crippen molar-refractivity contribution in [1.29, 1.82) is 0 Å². The number of isocyanates is 2. The molecule has 12 heteroatoms. The van der Waals surface area contributed by atoms with Gasteiger partial charge >= 0.3 is 12.4 Å². The van der Waals surface area contributed by atoms with Crippen LogP contribution in [0.5, 0.6) is 23.0 Å². The van der Waals surface area contributed by atoms with E-state index in [1.807, 2.05) is 0 Å². The molecule has 208 valence electrons. The smallest absolute Gasteiger partial charge is 0.411 e. The second-order valence-corrected chi connectivity index (χ2v) is 8.34. The van der Waals surface area contributed by atoms with E-state index in [2.05, 4.69) is 9.98 Å². The van der Waals surface area contributed by atoms with Gasteiger partial charge in [-0.05, 0) is 60.7 Å². The van der Waals surface area contributed by atoms with E-state index >= 15 is 26.3 Å². The molecule has 0 aliphatic heterocycles. The lowest BCUT2D eigenvalue weighted by atomic mass is 9.72. The van der Waals surface area contributed by atoms with E-state index in [-0.39, 0.29) is 22.9 Å². The Bertz CT molecular complexity index is 1500. The summed E-state index contributed by atoms with van der Waals surface area (Å²) in [7, 11) is 0. The summed E-state index contributed by atoms with van der Waals surface area (Å²) in [5.41, 5.74) is -6.77. The van der Waals surface area contributed by atoms with E-state index < -0.39 is 40.4 Å². The molecule has 0 spiro atoms. The van der Waals surface area contributed by atoms with Crippen molar-refractivity contribution >= 4 is 23.5 Å². The average molecular weight is 570 g/mol. The van der Waals surface area contributed by atoms with Gasteiger partial charge in [-0.25, -0.2) is 9.59 Å². The minimum atomic E-state index is -5.94. The Hall–Kier alpha value is -5.18. The fourth-order valence-corrected chi connectivity index (χ4v) is 4.18. The van der Waals surface area contributed by atoms with Crippen molar-refractivity contribution in [1.82, 2.24) is 0 Å². The summed E-state index contributed by atoms with van der Waals surface area (Å²) < 4.78 is 101. The molecule has 0 heterocycles. The van der Waals surface area contributed by atoms with Crippen molar-refractivity contribution in [3.63, 3.8) is 0 Å². The van der Waals surface area contributed by atoms with Crippen LogP contribution in [-0.2, 0) is 15.0 Å². The molecule has 41 heavy (non-hydrogen) atoms. The first-order valence-electron chi connectivity index (χ1n) is 11.6. The molecule has 6 nitrogen and oxygen atoms in total. The molecule has 4 aromatic rings. The number of halogens is 6. The summed E-state index contributed by atoms with van der Waals surface area (Å²) in [6.07, 6.45) is -9.24. The first-order valence-corrected chi connectivity index (χ1v) is 11.6. The van der Waals surface area contributed by atoms with E-state index in [4.69, 9.17) is 9.47 Å². The molecule has 4 rings (SSSR count). The van der Waals surface area contributed by atoms with Crippen molar-refractivity contribution in [3.8, 4) is 23.0 Å². The number of carbonyl (C=O) groups excluding carboxylic acids is 2. The SMILES string of the molecule is O=C=Nc1ccc(Oc2ccccc2C(c2ccccc2Oc2ccc(N=C=O)cc2)(C(F)(F)F)C(F)(F)F)cc1. The molecular formula is C29H16F6N2O4. The molecular weight excluding hydrogens is 554 g/mol. The van der Waals surface area contributed by atoms with Gasteiger partial charge in [-0.2, -0.15) is 36.3 Å². The average Bonchev–Trinajstić information content (AvgIpc) is 2.92. The van der Waals surface area contributed by atoms with Gasteiger partial charge in [-0.15, -0.1) is 0 Å². The number of aliphatic imine (C=N–C) groups is 2. The Morgan fingerprint density at radius 1 is 0.512 bits per heavy atom. The summed E-state index contributed by atoms with van der Waals surface area (Å²) in [5.74, 6) is -1.66. The van der Waals surface area contributed by atoms with E-state index in [1.54, 1.807) is 0 Å². The first kappa shape index (κ1) is 28.8. The Morgan fingerprint density at radius 3 is 1.17 bits per heavy atom. The van der Waals surface area contributed by atoms with Crippen molar-refractivity contribution in [2.45, 2.75) is 17.8 Å². The predicted molar refractivity (Wildman–Crippen MR) is 134 cm³/mol. The second kappa shape index (κ2) is 11.5. The molecule has 0 amide bonds. The molecule has 0 saturated carbocycles. The lowest BCUT2D eigenvalue weighted by Crippen LogP contribution is -2.55. The second-order valence-electron chi connectivity index (χ2n) is 8.34. The van der Waals surface area contributed by atoms with Crippen LogP contribution in [0.25, 0.3) is 0 Å². The summed E-state index contributed by atoms with van der Waals surface area (Å²) in [4.78, 5) is 27.7. The van der Waals surface area contributed by atoms with Gasteiger partial charge in [0.15, 0.2) is 0 Å². The van der Waals surface area contributed by atoms with Crippen LogP contribution in [0.1, 0.15) is 11.1 Å². The Balaban J connectivity index is 1.92. The number of hydrogen-bond donors (Lipinski definition) is 0. The van der Waals surface area contributed by atoms with Gasteiger partial charge in [0.25, 0.3) is 0 Å². The topological polar surface area (TPSA) is 77.3 Å². The number of hydrogen-bond acceptors (Lipinski definition) is 6. The molecule has 0 aliphatic rings. The van der Waals surface area contributed by atoms with Gasteiger partial charge in [0.05, 0.1) is 11.4 Å². The van der Waals surface area contributed by atoms with Gasteiger partial charge < -0.3 is 9.47 Å². The van der Waals surface area contributed by atoms with Gasteiger partial charge in [-0.3, -0.25) is 0 Å². The Kier molecular flexibility index (Phi) is 8.09. The molecule has 0 radical (unpaired) electrons. The van der Waals surface area contributed by atoms with Crippen LogP contribution in [0.3, 0.4) is 0 Å². The van der Waals surface area contributed by atoms with E-state index in [0.29, 0.717) is 12.1 Å². The molecule has 0 saturated heterocycles. The third-order valence-corrected chi connectivity index (χ3v) is 5.91. The zero-order valence-corrected chi connectivity index (χ0v) is 20.5. The maximum Gasteiger partial charge on any atom is 0.411 e. The molecule has 0 bridgehead atoms. The van der Waals surface area contributed by atoms with Crippen LogP contribution in [0, 0.1) is 0 Å². The first-order chi connectivity index (χ1) is 19.5. The third-order valence-electron chi connectivity index (χ3n) is 5.91. The zero-order chi connectivity index (χ0) is 29.7. The van der Waals surface area contributed by atoms with Crippen molar-refractivity contribution in [3.05, 3.63) is 108 Å². The number of nitrogens with zero attached hydrogens (tertiary/aromatic N) is 2. The number of alkyl halides is 6. The van der Waals surface area contributed by atoms with Crippen LogP contribution in [0.15, 0.2) is 107 Å². The van der Waals surface area contributed by atoms with E-state index in [9.17, 15) is 9.59 Å². The van der Waals surface area contributed by atoms with E-state index in [1.165, 1.54) is 72.8 Å². The van der Waals surface area contributed by atoms with Crippen LogP contribution >= 0.6 is 0 Å². The van der Waals surface area contributed by atoms with Crippen LogP contribution in [0.2, 0.25) is 0 Å². The molecule has 4 aromatic carbocycles. The molecule has 0 unspecified atom stereocenters. The highest BCUT2D eigenvalue weighted by Crippen LogP contribution is 2.60. The summed E-state index contributed by atoms with van der Waals surface area (Å²) in [6.45, 7) is 0. The predicted octanol–water partition coefficient (Wildman–Crippen LogP) is 8.62. The molecule has 0 atom stereocenters. The molecule has 0 aliphatic carbocycles. The van der Waals surface area contributed by atoms with E-state index in [0.717, 1.165) is 24.3 Å². The number of ether oxygens (including phenoxy) is 2. The van der Waals surface area contributed by atoms with Crippen molar-refractivity contribution in [2.75, 3.05) is 0 Å². The van der Waals surface area contributed by atoms with Gasteiger partial charge in [-0.1, -0.05) is 36.4 Å². The highest BCUT2D eigenvalue weighted by molar-refractivity contribution is 5.58. The number of benzene rings is 4. The zero-order valence-electron chi connectivity index (χ0n) is 20.5. The maximum atomic E-state index is 15.0. The fraction of sp³-hybridized carbons (Fsp3) is 0.103. The Morgan fingerprint density at radius 2 is 0.854 bits per heavy atom. The highest BCUT2D eigenvalue weighted by Gasteiger charge is 2.74. The monoisotopic (exact) mass is 570 g/mol. The highest BCUT2D eigenvalue weighted by atomic mass is 19.4. The number of rotatable bonds is 8. The normalized spacial score (nSPS) is 11.7. The third kappa shape index (κ3) is 5.74. The summed E-state index contributed by atoms with van der Waals surface area (Å²) in [6, 6.07) is 17.9. The lowest BCUT2D eigenvalue weighted by molar-refractivity contribution is -0.289. The lowest BCUT2D eigenvalue weighted by Gasteiger charge is -2.39. The largest absolute Gasteiger partial charge is 0.457 e. The minimum Gasteiger partial charge on any atom is -0.457 e. The fourth-order valence-electron chi connectivity index (χ4n) is 4.18. The van der Waals surface area contributed by atoms with Gasteiger partial charge in [0.2, 0.25) is 17.6 Å². The molecule has 0 N–H and O–H groups in total. The minimum absolute atomic E-state index is 0.108. The summed E-state index contributed by atoms with van der Waals surface area (Å²) in [5, 5.41) is 0. The van der Waals surface area contributed by atoms with Crippen LogP contribution in [0.4, 0.5) is 37.7 Å².